The topological polar surface area (TPSA) is 109 Å². The minimum Gasteiger partial charge on any atom is -0.467 e. The highest BCUT2D eigenvalue weighted by molar-refractivity contribution is 5.90. The second kappa shape index (κ2) is 8.21. The molecule has 32 heavy (non-hydrogen) atoms. The van der Waals surface area contributed by atoms with Gasteiger partial charge in [-0.3, -0.25) is 9.59 Å². The molecule has 5 fully saturated rings. The van der Waals surface area contributed by atoms with Crippen LogP contribution in [0.4, 0.5) is 0 Å². The van der Waals surface area contributed by atoms with Crippen LogP contribution in [0.2, 0.25) is 0 Å². The van der Waals surface area contributed by atoms with Crippen LogP contribution in [0.25, 0.3) is 0 Å². The van der Waals surface area contributed by atoms with Gasteiger partial charge in [-0.2, -0.15) is 0 Å². The van der Waals surface area contributed by atoms with E-state index in [-0.39, 0.29) is 30.3 Å². The SMILES string of the molecule is C[C@H](NC(=O)COC(=O)[C@@H]1C[C@H](O)CN1C(=O)C12CC3CC(CC(C3)C1)C2)c1ccco1. The van der Waals surface area contributed by atoms with Gasteiger partial charge in [0, 0.05) is 13.0 Å². The number of aliphatic hydroxyl groups excluding tert-OH is 1. The first kappa shape index (κ1) is 21.5. The molecule has 4 bridgehead atoms. The number of carbonyl (C=O) groups is 3. The summed E-state index contributed by atoms with van der Waals surface area (Å²) >= 11 is 0. The lowest BCUT2D eigenvalue weighted by Gasteiger charge is -2.56. The number of nitrogens with one attached hydrogen (secondary N) is 1. The smallest absolute Gasteiger partial charge is 0.329 e. The molecule has 2 heterocycles. The third-order valence-corrected chi connectivity index (χ3v) is 8.00. The Morgan fingerprint density at radius 1 is 1.19 bits per heavy atom. The molecule has 5 aliphatic rings. The van der Waals surface area contributed by atoms with Crippen LogP contribution >= 0.6 is 0 Å². The molecule has 1 aromatic rings. The molecule has 1 saturated heterocycles. The highest BCUT2D eigenvalue weighted by Crippen LogP contribution is 2.60. The number of carbonyl (C=O) groups excluding carboxylic acids is 3. The molecule has 8 heteroatoms. The number of hydrogen-bond acceptors (Lipinski definition) is 6. The van der Waals surface area contributed by atoms with Crippen LogP contribution in [0.15, 0.2) is 22.8 Å². The molecule has 4 saturated carbocycles. The summed E-state index contributed by atoms with van der Waals surface area (Å²) in [6, 6.07) is 2.31. The van der Waals surface area contributed by atoms with Crippen molar-refractivity contribution in [2.45, 2.75) is 70.1 Å². The molecular formula is C24H32N2O6. The largest absolute Gasteiger partial charge is 0.467 e. The minimum atomic E-state index is -0.833. The lowest BCUT2D eigenvalue weighted by atomic mass is 9.49. The Labute approximate surface area is 187 Å². The third kappa shape index (κ3) is 3.93. The number of β-amino-alcohol motifs (C(OH)–C–C–N with tert-alkyl or cyclic N) is 1. The van der Waals surface area contributed by atoms with E-state index < -0.39 is 30.6 Å². The average molecular weight is 445 g/mol. The number of esters is 1. The van der Waals surface area contributed by atoms with Crippen LogP contribution in [-0.4, -0.2) is 53.1 Å². The van der Waals surface area contributed by atoms with E-state index >= 15 is 0 Å². The number of nitrogens with zero attached hydrogens (tertiary/aromatic N) is 1. The van der Waals surface area contributed by atoms with Crippen molar-refractivity contribution in [1.82, 2.24) is 10.2 Å². The second-order valence-corrected chi connectivity index (χ2v) is 10.5. The van der Waals surface area contributed by atoms with E-state index in [1.807, 2.05) is 0 Å². The Morgan fingerprint density at radius 2 is 1.84 bits per heavy atom. The molecule has 0 unspecified atom stereocenters. The van der Waals surface area contributed by atoms with Gasteiger partial charge in [-0.1, -0.05) is 0 Å². The van der Waals surface area contributed by atoms with Crippen LogP contribution in [0.1, 0.15) is 63.7 Å². The Hall–Kier alpha value is -2.35. The third-order valence-electron chi connectivity index (χ3n) is 8.00. The zero-order valence-corrected chi connectivity index (χ0v) is 18.5. The number of likely N-dealkylation sites (tertiary alicyclic amines) is 1. The molecule has 3 atom stereocenters. The maximum absolute atomic E-state index is 13.7. The summed E-state index contributed by atoms with van der Waals surface area (Å²) in [5, 5.41) is 13.0. The van der Waals surface area contributed by atoms with Gasteiger partial charge in [0.05, 0.1) is 23.8 Å². The lowest BCUT2D eigenvalue weighted by Crippen LogP contribution is -2.56. The number of aliphatic hydroxyl groups is 1. The number of ether oxygens (including phenoxy) is 1. The Morgan fingerprint density at radius 3 is 2.44 bits per heavy atom. The maximum Gasteiger partial charge on any atom is 0.329 e. The van der Waals surface area contributed by atoms with Crippen molar-refractivity contribution in [3.8, 4) is 0 Å². The van der Waals surface area contributed by atoms with Crippen molar-refractivity contribution in [2.24, 2.45) is 23.2 Å². The second-order valence-electron chi connectivity index (χ2n) is 10.5. The van der Waals surface area contributed by atoms with Gasteiger partial charge in [-0.05, 0) is 75.3 Å². The van der Waals surface area contributed by atoms with E-state index in [4.69, 9.17) is 9.15 Å². The summed E-state index contributed by atoms with van der Waals surface area (Å²) in [5.41, 5.74) is -0.382. The molecule has 1 aliphatic heterocycles. The molecule has 0 radical (unpaired) electrons. The molecular weight excluding hydrogens is 412 g/mol. The maximum atomic E-state index is 13.7. The van der Waals surface area contributed by atoms with Crippen molar-refractivity contribution in [1.29, 1.82) is 0 Å². The van der Waals surface area contributed by atoms with Crippen molar-refractivity contribution < 1.29 is 28.6 Å². The van der Waals surface area contributed by atoms with E-state index in [0.29, 0.717) is 23.5 Å². The summed E-state index contributed by atoms with van der Waals surface area (Å²) in [5.74, 6) is 1.39. The number of rotatable bonds is 6. The van der Waals surface area contributed by atoms with Crippen molar-refractivity contribution >= 4 is 17.8 Å². The zero-order valence-electron chi connectivity index (χ0n) is 18.5. The van der Waals surface area contributed by atoms with Crippen molar-refractivity contribution in [3.63, 3.8) is 0 Å². The highest BCUT2D eigenvalue weighted by atomic mass is 16.5. The van der Waals surface area contributed by atoms with Gasteiger partial charge in [-0.25, -0.2) is 4.79 Å². The monoisotopic (exact) mass is 444 g/mol. The molecule has 6 rings (SSSR count). The Bertz CT molecular complexity index is 846. The fourth-order valence-corrected chi connectivity index (χ4v) is 7.06. The van der Waals surface area contributed by atoms with Crippen LogP contribution in [0, 0.1) is 23.2 Å². The average Bonchev–Trinajstić information content (AvgIpc) is 3.40. The molecule has 2 amide bonds. The predicted octanol–water partition coefficient (Wildman–Crippen LogP) is 2.18. The van der Waals surface area contributed by atoms with Crippen LogP contribution in [0.5, 0.6) is 0 Å². The van der Waals surface area contributed by atoms with Crippen molar-refractivity contribution in [3.05, 3.63) is 24.2 Å². The quantitative estimate of drug-likeness (QED) is 0.651. The molecule has 0 aromatic carbocycles. The van der Waals surface area contributed by atoms with Crippen LogP contribution in [0.3, 0.4) is 0 Å². The van der Waals surface area contributed by atoms with E-state index in [9.17, 15) is 19.5 Å². The first-order valence-electron chi connectivity index (χ1n) is 11.8. The van der Waals surface area contributed by atoms with E-state index in [2.05, 4.69) is 5.32 Å². The highest BCUT2D eigenvalue weighted by Gasteiger charge is 2.57. The molecule has 0 spiro atoms. The minimum absolute atomic E-state index is 0.00555. The van der Waals surface area contributed by atoms with E-state index in [0.717, 1.165) is 19.3 Å². The molecule has 1 aromatic heterocycles. The van der Waals surface area contributed by atoms with Crippen LogP contribution in [-0.2, 0) is 19.1 Å². The summed E-state index contributed by atoms with van der Waals surface area (Å²) in [7, 11) is 0. The summed E-state index contributed by atoms with van der Waals surface area (Å²) in [4.78, 5) is 40.3. The molecule has 174 valence electrons. The standard InChI is InChI=1S/C24H32N2O6/c1-14(20-3-2-4-31-20)25-21(28)13-32-22(29)19-8-18(27)12-26(19)23(30)24-9-15-5-16(10-24)7-17(6-15)11-24/h2-4,14-19,27H,5-13H2,1H3,(H,25,28)/t14-,15?,16?,17?,18-,19-,24?/m0/s1. The normalized spacial score (nSPS) is 36.2. The Balaban J connectivity index is 1.20. The fourth-order valence-electron chi connectivity index (χ4n) is 7.06. The van der Waals surface area contributed by atoms with Gasteiger partial charge >= 0.3 is 5.97 Å². The van der Waals surface area contributed by atoms with Gasteiger partial charge in [0.1, 0.15) is 11.8 Å². The summed E-state index contributed by atoms with van der Waals surface area (Å²) < 4.78 is 10.5. The molecule has 8 nitrogen and oxygen atoms in total. The summed E-state index contributed by atoms with van der Waals surface area (Å²) in [6.45, 7) is 1.50. The first-order valence-corrected chi connectivity index (χ1v) is 11.8. The van der Waals surface area contributed by atoms with Gasteiger partial charge in [0.25, 0.3) is 5.91 Å². The van der Waals surface area contributed by atoms with Gasteiger partial charge in [0.15, 0.2) is 6.61 Å². The summed E-state index contributed by atoms with van der Waals surface area (Å²) in [6.07, 6.45) is 7.32. The van der Waals surface area contributed by atoms with E-state index in [1.165, 1.54) is 25.5 Å². The van der Waals surface area contributed by atoms with Gasteiger partial charge in [0.2, 0.25) is 5.91 Å². The fraction of sp³-hybridized carbons (Fsp3) is 0.708. The first-order chi connectivity index (χ1) is 15.3. The van der Waals surface area contributed by atoms with Crippen molar-refractivity contribution in [2.75, 3.05) is 13.2 Å². The Kier molecular flexibility index (Phi) is 5.51. The molecule has 2 N–H and O–H groups in total. The number of furan rings is 1. The predicted molar refractivity (Wildman–Crippen MR) is 113 cm³/mol. The zero-order chi connectivity index (χ0) is 22.5. The van der Waals surface area contributed by atoms with Gasteiger partial charge in [-0.15, -0.1) is 0 Å². The van der Waals surface area contributed by atoms with E-state index in [1.54, 1.807) is 24.0 Å². The van der Waals surface area contributed by atoms with Crippen LogP contribution < -0.4 is 5.32 Å². The lowest BCUT2D eigenvalue weighted by molar-refractivity contribution is -0.166. The molecule has 4 aliphatic carbocycles. The number of amides is 2. The van der Waals surface area contributed by atoms with Gasteiger partial charge < -0.3 is 24.5 Å². The number of hydrogen-bond donors (Lipinski definition) is 2.